The zero-order chi connectivity index (χ0) is 18.1. The predicted octanol–water partition coefficient (Wildman–Crippen LogP) is 3.46. The molecule has 0 aliphatic heterocycles. The minimum absolute atomic E-state index is 0.113. The van der Waals surface area contributed by atoms with Crippen LogP contribution in [0.3, 0.4) is 0 Å². The molecule has 24 heavy (non-hydrogen) atoms. The summed E-state index contributed by atoms with van der Waals surface area (Å²) in [7, 11) is -0.708. The van der Waals surface area contributed by atoms with Crippen molar-refractivity contribution in [3.8, 4) is 0 Å². The van der Waals surface area contributed by atoms with Crippen LogP contribution in [0.2, 0.25) is 5.02 Å². The van der Waals surface area contributed by atoms with Crippen molar-refractivity contribution in [2.45, 2.75) is 18.7 Å². The van der Waals surface area contributed by atoms with E-state index in [1.165, 1.54) is 20.2 Å². The largest absolute Gasteiger partial charge is 0.322 e. The Kier molecular flexibility index (Phi) is 5.32. The number of carbonyl (C=O) groups excluding carboxylic acids is 1. The molecule has 128 valence electrons. The monoisotopic (exact) mass is 366 g/mol. The molecule has 0 aliphatic rings. The number of anilines is 1. The van der Waals surface area contributed by atoms with Gasteiger partial charge in [-0.1, -0.05) is 23.7 Å². The van der Waals surface area contributed by atoms with Crippen LogP contribution in [0.15, 0.2) is 41.3 Å². The van der Waals surface area contributed by atoms with E-state index in [4.69, 9.17) is 11.6 Å². The fourth-order valence-electron chi connectivity index (χ4n) is 2.09. The Balaban J connectivity index is 2.35. The average molecular weight is 367 g/mol. The molecule has 0 saturated heterocycles. The first-order valence-electron chi connectivity index (χ1n) is 7.23. The number of hydrogen-bond acceptors (Lipinski definition) is 3. The van der Waals surface area contributed by atoms with Crippen LogP contribution in [-0.2, 0) is 10.0 Å². The number of halogens is 1. The van der Waals surface area contributed by atoms with E-state index in [-0.39, 0.29) is 10.5 Å². The molecule has 2 rings (SSSR count). The van der Waals surface area contributed by atoms with Gasteiger partial charge >= 0.3 is 0 Å². The quantitative estimate of drug-likeness (QED) is 0.901. The lowest BCUT2D eigenvalue weighted by molar-refractivity contribution is 0.102. The number of amides is 1. The first-order valence-corrected chi connectivity index (χ1v) is 9.05. The van der Waals surface area contributed by atoms with Crippen molar-refractivity contribution < 1.29 is 13.2 Å². The van der Waals surface area contributed by atoms with Crippen LogP contribution >= 0.6 is 11.6 Å². The van der Waals surface area contributed by atoms with Crippen molar-refractivity contribution >= 4 is 33.2 Å². The molecule has 0 bridgehead atoms. The molecule has 0 radical (unpaired) electrons. The maximum atomic E-state index is 12.4. The summed E-state index contributed by atoms with van der Waals surface area (Å²) in [4.78, 5) is 12.5. The van der Waals surface area contributed by atoms with Gasteiger partial charge in [0.05, 0.1) is 4.90 Å². The van der Waals surface area contributed by atoms with Crippen molar-refractivity contribution in [1.82, 2.24) is 4.31 Å². The van der Waals surface area contributed by atoms with Gasteiger partial charge in [-0.15, -0.1) is 0 Å². The Hall–Kier alpha value is -1.89. The second-order valence-corrected chi connectivity index (χ2v) is 8.21. The van der Waals surface area contributed by atoms with E-state index in [0.717, 1.165) is 9.87 Å². The van der Waals surface area contributed by atoms with E-state index in [1.54, 1.807) is 37.3 Å². The average Bonchev–Trinajstić information content (AvgIpc) is 2.51. The van der Waals surface area contributed by atoms with Crippen molar-refractivity contribution in [1.29, 1.82) is 0 Å². The second kappa shape index (κ2) is 6.93. The van der Waals surface area contributed by atoms with Gasteiger partial charge in [-0.25, -0.2) is 12.7 Å². The number of nitrogens with one attached hydrogen (secondary N) is 1. The fraction of sp³-hybridized carbons (Fsp3) is 0.235. The summed E-state index contributed by atoms with van der Waals surface area (Å²) in [5, 5.41) is 3.27. The van der Waals surface area contributed by atoms with Gasteiger partial charge in [-0.3, -0.25) is 4.79 Å². The number of nitrogens with zero attached hydrogens (tertiary/aromatic N) is 1. The van der Waals surface area contributed by atoms with Crippen LogP contribution in [0.1, 0.15) is 21.5 Å². The van der Waals surface area contributed by atoms with Crippen LogP contribution in [0.25, 0.3) is 0 Å². The fourth-order valence-corrected chi connectivity index (χ4v) is 3.41. The molecular formula is C17H19ClN2O3S. The van der Waals surface area contributed by atoms with Gasteiger partial charge in [-0.05, 0) is 49.2 Å². The lowest BCUT2D eigenvalue weighted by Gasteiger charge is -2.15. The molecule has 0 saturated carbocycles. The Morgan fingerprint density at radius 3 is 2.25 bits per heavy atom. The summed E-state index contributed by atoms with van der Waals surface area (Å²) >= 11 is 6.05. The molecule has 1 N–H and O–H groups in total. The zero-order valence-corrected chi connectivity index (χ0v) is 15.5. The van der Waals surface area contributed by atoms with E-state index in [1.807, 2.05) is 6.92 Å². The van der Waals surface area contributed by atoms with Crippen LogP contribution in [0.5, 0.6) is 0 Å². The van der Waals surface area contributed by atoms with Crippen LogP contribution in [0, 0.1) is 13.8 Å². The third kappa shape index (κ3) is 3.77. The van der Waals surface area contributed by atoms with E-state index in [9.17, 15) is 13.2 Å². The van der Waals surface area contributed by atoms with Gasteiger partial charge in [0.2, 0.25) is 10.0 Å². The van der Waals surface area contributed by atoms with Crippen LogP contribution < -0.4 is 5.32 Å². The zero-order valence-electron chi connectivity index (χ0n) is 13.9. The van der Waals surface area contributed by atoms with Crippen LogP contribution in [0.4, 0.5) is 5.69 Å². The molecule has 0 fully saturated rings. The molecule has 7 heteroatoms. The van der Waals surface area contributed by atoms with Crippen molar-refractivity contribution in [2.75, 3.05) is 19.4 Å². The molecular weight excluding hydrogens is 348 g/mol. The molecule has 0 unspecified atom stereocenters. The number of sulfonamides is 1. The summed E-state index contributed by atoms with van der Waals surface area (Å²) < 4.78 is 25.8. The molecule has 0 heterocycles. The summed E-state index contributed by atoms with van der Waals surface area (Å²) in [6, 6.07) is 9.79. The molecule has 0 aromatic heterocycles. The molecule has 2 aromatic carbocycles. The maximum absolute atomic E-state index is 12.4. The van der Waals surface area contributed by atoms with Gasteiger partial charge in [0.25, 0.3) is 5.91 Å². The smallest absolute Gasteiger partial charge is 0.255 e. The highest BCUT2D eigenvalue weighted by Crippen LogP contribution is 2.22. The standard InChI is InChI=1S/C17H19ClN2O3S/c1-11-6-8-14(10-15(11)18)19-17(21)13-7-5-12(2)16(9-13)24(22,23)20(3)4/h5-10H,1-4H3,(H,19,21). The number of aryl methyl sites for hydroxylation is 2. The third-order valence-corrected chi connectivity index (χ3v) is 6.00. The summed E-state index contributed by atoms with van der Waals surface area (Å²) in [5.74, 6) is -0.398. The van der Waals surface area contributed by atoms with Gasteiger partial charge in [-0.2, -0.15) is 0 Å². The topological polar surface area (TPSA) is 66.5 Å². The third-order valence-electron chi connectivity index (χ3n) is 3.64. The first-order chi connectivity index (χ1) is 11.1. The van der Waals surface area contributed by atoms with E-state index in [2.05, 4.69) is 5.32 Å². The highest BCUT2D eigenvalue weighted by molar-refractivity contribution is 7.89. The minimum atomic E-state index is -3.62. The molecule has 0 aliphatic carbocycles. The van der Waals surface area contributed by atoms with E-state index < -0.39 is 15.9 Å². The predicted molar refractivity (Wildman–Crippen MR) is 96.2 cm³/mol. The van der Waals surface area contributed by atoms with Crippen LogP contribution in [-0.4, -0.2) is 32.7 Å². The highest BCUT2D eigenvalue weighted by Gasteiger charge is 2.21. The lowest BCUT2D eigenvalue weighted by atomic mass is 10.1. The summed E-state index contributed by atoms with van der Waals surface area (Å²) in [5.41, 5.74) is 2.30. The Bertz CT molecular complexity index is 893. The van der Waals surface area contributed by atoms with Gasteiger partial charge < -0.3 is 5.32 Å². The van der Waals surface area contributed by atoms with Crippen molar-refractivity contribution in [3.63, 3.8) is 0 Å². The van der Waals surface area contributed by atoms with Gasteiger partial charge in [0.1, 0.15) is 0 Å². The number of hydrogen-bond donors (Lipinski definition) is 1. The highest BCUT2D eigenvalue weighted by atomic mass is 35.5. The first kappa shape index (κ1) is 18.4. The lowest BCUT2D eigenvalue weighted by Crippen LogP contribution is -2.23. The Labute approximate surface area is 147 Å². The summed E-state index contributed by atoms with van der Waals surface area (Å²) in [6.45, 7) is 3.56. The van der Waals surface area contributed by atoms with Crippen molar-refractivity contribution in [2.24, 2.45) is 0 Å². The van der Waals surface area contributed by atoms with E-state index in [0.29, 0.717) is 16.3 Å². The molecule has 0 atom stereocenters. The molecule has 0 spiro atoms. The Morgan fingerprint density at radius 1 is 1.04 bits per heavy atom. The number of benzene rings is 2. The number of rotatable bonds is 4. The SMILES string of the molecule is Cc1ccc(NC(=O)c2ccc(C)c(S(=O)(=O)N(C)C)c2)cc1Cl. The van der Waals surface area contributed by atoms with Gasteiger partial charge in [0.15, 0.2) is 0 Å². The molecule has 5 nitrogen and oxygen atoms in total. The normalized spacial score (nSPS) is 11.6. The second-order valence-electron chi connectivity index (χ2n) is 5.69. The maximum Gasteiger partial charge on any atom is 0.255 e. The summed E-state index contributed by atoms with van der Waals surface area (Å²) in [6.07, 6.45) is 0. The van der Waals surface area contributed by atoms with Crippen molar-refractivity contribution in [3.05, 3.63) is 58.1 Å². The van der Waals surface area contributed by atoms with E-state index >= 15 is 0 Å². The molecule has 1 amide bonds. The Morgan fingerprint density at radius 2 is 1.67 bits per heavy atom. The number of carbonyl (C=O) groups is 1. The van der Waals surface area contributed by atoms with Gasteiger partial charge in [0, 0.05) is 30.4 Å². The minimum Gasteiger partial charge on any atom is -0.322 e. The molecule has 2 aromatic rings.